The van der Waals surface area contributed by atoms with Crippen molar-refractivity contribution in [3.8, 4) is 0 Å². The molecule has 1 N–H and O–H groups in total. The van der Waals surface area contributed by atoms with Gasteiger partial charge in [0.2, 0.25) is 0 Å². The lowest BCUT2D eigenvalue weighted by Crippen LogP contribution is -2.16. The van der Waals surface area contributed by atoms with Crippen molar-refractivity contribution >= 4 is 17.2 Å². The highest BCUT2D eigenvalue weighted by Crippen LogP contribution is 2.27. The minimum atomic E-state index is 0.738. The van der Waals surface area contributed by atoms with Crippen molar-refractivity contribution in [2.75, 3.05) is 6.54 Å². The van der Waals surface area contributed by atoms with Crippen LogP contribution < -0.4 is 5.32 Å². The predicted molar refractivity (Wildman–Crippen MR) is 64.6 cm³/mol. The Balaban J connectivity index is 1.71. The number of nitrogens with zero attached hydrogens (tertiary/aromatic N) is 2. The van der Waals surface area contributed by atoms with Crippen LogP contribution in [0.3, 0.4) is 0 Å². The Morgan fingerprint density at radius 1 is 1.38 bits per heavy atom. The molecule has 2 aromatic heterocycles. The SMILES string of the molecule is Clc1ccc2nc(CNCC3CC3)cn2c1. The van der Waals surface area contributed by atoms with E-state index in [0.717, 1.165) is 35.4 Å². The Hall–Kier alpha value is -1.06. The summed E-state index contributed by atoms with van der Waals surface area (Å²) in [6, 6.07) is 3.80. The maximum atomic E-state index is 5.92. The number of pyridine rings is 1. The number of imidazole rings is 1. The highest BCUT2D eigenvalue weighted by atomic mass is 35.5. The average molecular weight is 236 g/mol. The maximum Gasteiger partial charge on any atom is 0.137 e. The minimum absolute atomic E-state index is 0.738. The predicted octanol–water partition coefficient (Wildman–Crippen LogP) is 2.49. The van der Waals surface area contributed by atoms with Crippen LogP contribution in [-0.2, 0) is 6.54 Å². The van der Waals surface area contributed by atoms with E-state index in [1.807, 2.05) is 28.9 Å². The van der Waals surface area contributed by atoms with E-state index < -0.39 is 0 Å². The molecular weight excluding hydrogens is 222 g/mol. The van der Waals surface area contributed by atoms with Crippen molar-refractivity contribution in [3.63, 3.8) is 0 Å². The standard InChI is InChI=1S/C12H14ClN3/c13-10-3-4-12-15-11(8-16(12)7-10)6-14-5-9-1-2-9/h3-4,7-9,14H,1-2,5-6H2. The molecule has 2 heterocycles. The molecule has 84 valence electrons. The van der Waals surface area contributed by atoms with Crippen molar-refractivity contribution < 1.29 is 0 Å². The van der Waals surface area contributed by atoms with Crippen LogP contribution in [0.5, 0.6) is 0 Å². The molecule has 0 amide bonds. The quantitative estimate of drug-likeness (QED) is 0.882. The molecule has 0 bridgehead atoms. The van der Waals surface area contributed by atoms with Gasteiger partial charge in [0.1, 0.15) is 5.65 Å². The van der Waals surface area contributed by atoms with E-state index in [-0.39, 0.29) is 0 Å². The Bertz CT molecular complexity index is 502. The Morgan fingerprint density at radius 3 is 3.06 bits per heavy atom. The van der Waals surface area contributed by atoms with Crippen LogP contribution in [0.25, 0.3) is 5.65 Å². The monoisotopic (exact) mass is 235 g/mol. The van der Waals surface area contributed by atoms with Gasteiger partial charge in [-0.1, -0.05) is 11.6 Å². The number of nitrogens with one attached hydrogen (secondary N) is 1. The molecule has 0 atom stereocenters. The summed E-state index contributed by atoms with van der Waals surface area (Å²) in [5, 5.41) is 4.17. The molecule has 0 spiro atoms. The fourth-order valence-corrected chi connectivity index (χ4v) is 2.00. The van der Waals surface area contributed by atoms with Gasteiger partial charge in [-0.25, -0.2) is 4.98 Å². The number of fused-ring (bicyclic) bond motifs is 1. The van der Waals surface area contributed by atoms with Gasteiger partial charge in [-0.15, -0.1) is 0 Å². The van der Waals surface area contributed by atoms with Crippen LogP contribution >= 0.6 is 11.6 Å². The fraction of sp³-hybridized carbons (Fsp3) is 0.417. The maximum absolute atomic E-state index is 5.92. The number of rotatable bonds is 4. The molecule has 0 radical (unpaired) electrons. The van der Waals surface area contributed by atoms with Crippen LogP contribution in [0.4, 0.5) is 0 Å². The van der Waals surface area contributed by atoms with Gasteiger partial charge >= 0.3 is 0 Å². The summed E-state index contributed by atoms with van der Waals surface area (Å²) in [5.74, 6) is 0.909. The summed E-state index contributed by atoms with van der Waals surface area (Å²) in [6.07, 6.45) is 6.68. The van der Waals surface area contributed by atoms with E-state index in [4.69, 9.17) is 11.6 Å². The first-order chi connectivity index (χ1) is 7.81. The fourth-order valence-electron chi connectivity index (χ4n) is 1.83. The second kappa shape index (κ2) is 4.07. The van der Waals surface area contributed by atoms with Crippen LogP contribution in [0.1, 0.15) is 18.5 Å². The third-order valence-electron chi connectivity index (χ3n) is 2.90. The summed E-state index contributed by atoms with van der Waals surface area (Å²) in [7, 11) is 0. The van der Waals surface area contributed by atoms with Gasteiger partial charge in [-0.3, -0.25) is 0 Å². The van der Waals surface area contributed by atoms with E-state index in [9.17, 15) is 0 Å². The van der Waals surface area contributed by atoms with Crippen molar-refractivity contribution in [2.45, 2.75) is 19.4 Å². The van der Waals surface area contributed by atoms with Crippen LogP contribution in [-0.4, -0.2) is 15.9 Å². The van der Waals surface area contributed by atoms with Crippen LogP contribution in [0.15, 0.2) is 24.5 Å². The number of aromatic nitrogens is 2. The van der Waals surface area contributed by atoms with Gasteiger partial charge in [-0.2, -0.15) is 0 Å². The summed E-state index contributed by atoms with van der Waals surface area (Å²) < 4.78 is 1.97. The van der Waals surface area contributed by atoms with Gasteiger partial charge in [0.15, 0.2) is 0 Å². The van der Waals surface area contributed by atoms with E-state index in [1.165, 1.54) is 12.8 Å². The van der Waals surface area contributed by atoms with Crippen LogP contribution in [0, 0.1) is 5.92 Å². The molecular formula is C12H14ClN3. The van der Waals surface area contributed by atoms with Crippen molar-refractivity contribution in [2.24, 2.45) is 5.92 Å². The third-order valence-corrected chi connectivity index (χ3v) is 3.12. The van der Waals surface area contributed by atoms with Gasteiger partial charge in [0.25, 0.3) is 0 Å². The Labute approximate surface area is 99.4 Å². The molecule has 3 nitrogen and oxygen atoms in total. The zero-order valence-electron chi connectivity index (χ0n) is 8.99. The van der Waals surface area contributed by atoms with Crippen molar-refractivity contribution in [1.29, 1.82) is 0 Å². The van der Waals surface area contributed by atoms with E-state index in [0.29, 0.717) is 0 Å². The van der Waals surface area contributed by atoms with Crippen molar-refractivity contribution in [3.05, 3.63) is 35.2 Å². The van der Waals surface area contributed by atoms with Gasteiger partial charge in [0, 0.05) is 18.9 Å². The molecule has 2 aromatic rings. The van der Waals surface area contributed by atoms with Gasteiger partial charge < -0.3 is 9.72 Å². The molecule has 1 saturated carbocycles. The first-order valence-electron chi connectivity index (χ1n) is 5.65. The summed E-state index contributed by atoms with van der Waals surface area (Å²) in [4.78, 5) is 4.51. The first-order valence-corrected chi connectivity index (χ1v) is 6.03. The molecule has 0 saturated heterocycles. The highest BCUT2D eigenvalue weighted by molar-refractivity contribution is 6.30. The zero-order valence-corrected chi connectivity index (χ0v) is 9.74. The topological polar surface area (TPSA) is 29.3 Å². The lowest BCUT2D eigenvalue weighted by molar-refractivity contribution is 0.632. The molecule has 3 rings (SSSR count). The van der Waals surface area contributed by atoms with E-state index >= 15 is 0 Å². The van der Waals surface area contributed by atoms with Crippen LogP contribution in [0.2, 0.25) is 5.02 Å². The Kier molecular flexibility index (Phi) is 2.58. The van der Waals surface area contributed by atoms with Gasteiger partial charge in [0.05, 0.1) is 10.7 Å². The highest BCUT2D eigenvalue weighted by Gasteiger charge is 2.20. The number of hydrogen-bond acceptors (Lipinski definition) is 2. The molecule has 4 heteroatoms. The Morgan fingerprint density at radius 2 is 2.25 bits per heavy atom. The molecule has 1 aliphatic rings. The normalized spacial score (nSPS) is 15.8. The molecule has 1 fully saturated rings. The smallest absolute Gasteiger partial charge is 0.137 e. The lowest BCUT2D eigenvalue weighted by atomic mass is 10.4. The lowest BCUT2D eigenvalue weighted by Gasteiger charge is -1.98. The van der Waals surface area contributed by atoms with E-state index in [1.54, 1.807) is 0 Å². The molecule has 0 unspecified atom stereocenters. The first kappa shape index (κ1) is 10.1. The molecule has 0 aliphatic heterocycles. The van der Waals surface area contributed by atoms with E-state index in [2.05, 4.69) is 10.3 Å². The average Bonchev–Trinajstić information content (AvgIpc) is 2.98. The third kappa shape index (κ3) is 2.20. The molecule has 1 aliphatic carbocycles. The molecule has 0 aromatic carbocycles. The second-order valence-corrected chi connectivity index (χ2v) is 4.86. The van der Waals surface area contributed by atoms with Crippen molar-refractivity contribution in [1.82, 2.24) is 14.7 Å². The minimum Gasteiger partial charge on any atom is -0.311 e. The molecule has 16 heavy (non-hydrogen) atoms. The summed E-state index contributed by atoms with van der Waals surface area (Å²) >= 11 is 5.92. The second-order valence-electron chi connectivity index (χ2n) is 4.42. The largest absolute Gasteiger partial charge is 0.311 e. The number of halogens is 1. The summed E-state index contributed by atoms with van der Waals surface area (Å²) in [5.41, 5.74) is 2.02. The zero-order chi connectivity index (χ0) is 11.0. The summed E-state index contributed by atoms with van der Waals surface area (Å²) in [6.45, 7) is 1.96. The van der Waals surface area contributed by atoms with Gasteiger partial charge in [-0.05, 0) is 37.4 Å². The number of hydrogen-bond donors (Lipinski definition) is 1.